The zero-order chi connectivity index (χ0) is 38.1. The second-order valence-corrected chi connectivity index (χ2v) is 22.9. The van der Waals surface area contributed by atoms with Crippen LogP contribution in [0.25, 0.3) is 55.8 Å². The molecule has 6 heteroatoms. The van der Waals surface area contributed by atoms with Crippen molar-refractivity contribution in [2.24, 2.45) is 10.8 Å². The molecule has 4 heterocycles. The van der Waals surface area contributed by atoms with Crippen molar-refractivity contribution in [3.8, 4) is 33.8 Å². The minimum atomic E-state index is -1.39. The fourth-order valence-corrected chi connectivity index (χ4v) is 8.39. The first-order valence-corrected chi connectivity index (χ1v) is 22.2. The number of rotatable bonds is 6. The maximum atomic E-state index is 6.29. The predicted octanol–water partition coefficient (Wildman–Crippen LogP) is 12.4. The fraction of sp³-hybridized carbons (Fsp3) is 0.312. The van der Waals surface area contributed by atoms with E-state index in [4.69, 9.17) is 19.4 Å². The molecule has 0 saturated heterocycles. The third-order valence-electron chi connectivity index (χ3n) is 9.31. The summed E-state index contributed by atoms with van der Waals surface area (Å²) in [5, 5.41) is 3.53. The number of aryl methyl sites for hydroxylation is 2. The van der Waals surface area contributed by atoms with E-state index >= 15 is 0 Å². The maximum Gasteiger partial charge on any atom is 0.216 e. The summed E-state index contributed by atoms with van der Waals surface area (Å²) in [6, 6.07) is 35.7. The molecule has 0 amide bonds. The van der Waals surface area contributed by atoms with Gasteiger partial charge in [0.2, 0.25) is 5.71 Å². The average Bonchev–Trinajstić information content (AvgIpc) is 3.46. The molecule has 7 aromatic rings. The van der Waals surface area contributed by atoms with Crippen LogP contribution in [0, 0.1) is 36.8 Å². The number of pyridine rings is 3. The van der Waals surface area contributed by atoms with Crippen molar-refractivity contribution in [2.45, 2.75) is 87.9 Å². The Kier molecular flexibility index (Phi) is 12.3. The van der Waals surface area contributed by atoms with Crippen LogP contribution in [0.15, 0.2) is 102 Å². The molecule has 0 bridgehead atoms. The first kappa shape index (κ1) is 41.0. The number of hydrogen-bond acceptors (Lipinski definition) is 4. The topological polar surface area (TPSA) is 51.8 Å². The molecule has 0 aliphatic heterocycles. The molecule has 0 saturated carbocycles. The molecule has 0 atom stereocenters. The van der Waals surface area contributed by atoms with E-state index in [1.165, 1.54) is 27.4 Å². The van der Waals surface area contributed by atoms with Crippen molar-refractivity contribution in [3.63, 3.8) is 0 Å². The van der Waals surface area contributed by atoms with Crippen LogP contribution in [0.1, 0.15) is 63.8 Å². The predicted molar refractivity (Wildman–Crippen MR) is 226 cm³/mol. The Balaban J connectivity index is 0.000000217. The molecule has 3 aromatic carbocycles. The summed E-state index contributed by atoms with van der Waals surface area (Å²) < 4.78 is 6.29. The van der Waals surface area contributed by atoms with Crippen molar-refractivity contribution in [1.29, 1.82) is 0 Å². The van der Waals surface area contributed by atoms with Gasteiger partial charge in [0.15, 0.2) is 0 Å². The van der Waals surface area contributed by atoms with Crippen LogP contribution in [0.5, 0.6) is 0 Å². The summed E-state index contributed by atoms with van der Waals surface area (Å²) >= 11 is 0. The maximum absolute atomic E-state index is 6.29. The van der Waals surface area contributed by atoms with Gasteiger partial charge in [-0.1, -0.05) is 133 Å². The van der Waals surface area contributed by atoms with E-state index in [-0.39, 0.29) is 30.9 Å². The summed E-state index contributed by atoms with van der Waals surface area (Å²) in [4.78, 5) is 14.3. The minimum Gasteiger partial charge on any atom is -0.486 e. The van der Waals surface area contributed by atoms with Crippen LogP contribution in [-0.4, -0.2) is 23.0 Å². The summed E-state index contributed by atoms with van der Waals surface area (Å²) in [7, 11) is -1.39. The standard InChI is InChI=1S/C28H25N2O.C20H28NSi.Ir/c1-18-17-29-25(15-20(18)16-28(2,3)4)23-12-8-11-21-22-13-14-24(19-9-6-5-7-10-19)30-27(22)31-26(21)23;1-15-9-8-10-16(11-15)18-12-17(13-20(2,3)4)19(14-21-18)22(5,6)7;/h5-11,13-15,17H,16H2,1-4H3;8-9,11-12,14H,13H2,1-7H3;/q2*-1;. The third kappa shape index (κ3) is 9.90. The summed E-state index contributed by atoms with van der Waals surface area (Å²) in [5.74, 6) is 0. The number of hydrogen-bond donors (Lipinski definition) is 0. The molecule has 0 N–H and O–H groups in total. The number of nitrogens with zero attached hydrogens (tertiary/aromatic N) is 3. The van der Waals surface area contributed by atoms with Gasteiger partial charge in [0.25, 0.3) is 0 Å². The second kappa shape index (κ2) is 16.2. The number of benzene rings is 3. The smallest absolute Gasteiger partial charge is 0.216 e. The first-order chi connectivity index (χ1) is 24.9. The number of fused-ring (bicyclic) bond motifs is 3. The summed E-state index contributed by atoms with van der Waals surface area (Å²) in [5.41, 5.74) is 13.0. The Hall–Kier alpha value is -4.22. The van der Waals surface area contributed by atoms with Crippen LogP contribution in [0.2, 0.25) is 19.6 Å². The van der Waals surface area contributed by atoms with Gasteiger partial charge in [-0.15, -0.1) is 53.6 Å². The monoisotopic (exact) mass is 908 g/mol. The van der Waals surface area contributed by atoms with Gasteiger partial charge in [-0.2, -0.15) is 0 Å². The van der Waals surface area contributed by atoms with E-state index in [1.54, 1.807) is 0 Å². The van der Waals surface area contributed by atoms with Crippen LogP contribution in [0.3, 0.4) is 0 Å². The summed E-state index contributed by atoms with van der Waals surface area (Å²) in [6.45, 7) is 25.1. The third-order valence-corrected chi connectivity index (χ3v) is 11.4. The van der Waals surface area contributed by atoms with Gasteiger partial charge in [0.1, 0.15) is 0 Å². The molecular weight excluding hydrogens is 855 g/mol. The van der Waals surface area contributed by atoms with Crippen molar-refractivity contribution < 1.29 is 24.5 Å². The van der Waals surface area contributed by atoms with E-state index in [1.807, 2.05) is 42.6 Å². The molecule has 0 aliphatic carbocycles. The molecule has 4 aromatic heterocycles. The molecule has 0 fully saturated rings. The van der Waals surface area contributed by atoms with Crippen molar-refractivity contribution >= 4 is 35.3 Å². The van der Waals surface area contributed by atoms with Gasteiger partial charge >= 0.3 is 0 Å². The van der Waals surface area contributed by atoms with Gasteiger partial charge in [0.05, 0.1) is 19.4 Å². The fourth-order valence-electron chi connectivity index (χ4n) is 6.81. The number of furan rings is 1. The normalized spacial score (nSPS) is 12.0. The molecule has 0 unspecified atom stereocenters. The van der Waals surface area contributed by atoms with Gasteiger partial charge in [-0.3, -0.25) is 0 Å². The van der Waals surface area contributed by atoms with Crippen LogP contribution >= 0.6 is 0 Å². The van der Waals surface area contributed by atoms with Crippen LogP contribution in [-0.2, 0) is 32.9 Å². The Morgan fingerprint density at radius 3 is 1.98 bits per heavy atom. The molecule has 0 spiro atoms. The second-order valence-electron chi connectivity index (χ2n) is 17.8. The largest absolute Gasteiger partial charge is 0.486 e. The minimum absolute atomic E-state index is 0. The van der Waals surface area contributed by atoms with E-state index in [9.17, 15) is 0 Å². The van der Waals surface area contributed by atoms with Crippen LogP contribution in [0.4, 0.5) is 0 Å². The SMILES string of the molecule is Cc1cc[c-]c(-c2cc(CC(C)(C)C)c([Si](C)(C)C)cn2)c1.Cc1cnc(-c2[c-]ccc3c2oc2nc(-c4ccccc4)ccc23)cc1CC(C)(C)C.[Ir]. The molecule has 54 heavy (non-hydrogen) atoms. The van der Waals surface area contributed by atoms with Crippen molar-refractivity contribution in [2.75, 3.05) is 0 Å². The quantitative estimate of drug-likeness (QED) is 0.123. The zero-order valence-electron chi connectivity index (χ0n) is 33.7. The molecule has 281 valence electrons. The van der Waals surface area contributed by atoms with Gasteiger partial charge in [-0.25, -0.2) is 4.98 Å². The van der Waals surface area contributed by atoms with E-state index in [0.29, 0.717) is 5.71 Å². The Bertz CT molecular complexity index is 2380. The van der Waals surface area contributed by atoms with Gasteiger partial charge < -0.3 is 14.4 Å². The van der Waals surface area contributed by atoms with Gasteiger partial charge in [0, 0.05) is 43.4 Å². The molecule has 1 radical (unpaired) electrons. The van der Waals surface area contributed by atoms with E-state index in [0.717, 1.165) is 63.0 Å². The van der Waals surface area contributed by atoms with Crippen molar-refractivity contribution in [1.82, 2.24) is 15.0 Å². The Morgan fingerprint density at radius 2 is 1.31 bits per heavy atom. The Morgan fingerprint density at radius 1 is 0.667 bits per heavy atom. The molecule has 4 nitrogen and oxygen atoms in total. The number of aromatic nitrogens is 3. The first-order valence-electron chi connectivity index (χ1n) is 18.7. The summed E-state index contributed by atoms with van der Waals surface area (Å²) in [6.07, 6.45) is 6.16. The van der Waals surface area contributed by atoms with Crippen LogP contribution < -0.4 is 5.19 Å². The van der Waals surface area contributed by atoms with E-state index < -0.39 is 8.07 Å². The van der Waals surface area contributed by atoms with Crippen molar-refractivity contribution in [3.05, 3.63) is 132 Å². The Labute approximate surface area is 337 Å². The average molecular weight is 908 g/mol. The molecule has 7 rings (SSSR count). The van der Waals surface area contributed by atoms with E-state index in [2.05, 4.69) is 142 Å². The zero-order valence-corrected chi connectivity index (χ0v) is 37.1. The van der Waals surface area contributed by atoms with Gasteiger partial charge in [-0.05, 0) is 64.9 Å². The molecule has 0 aliphatic rings. The molecular formula is C48H53IrN3OSi-2.